The van der Waals surface area contributed by atoms with Crippen molar-refractivity contribution >= 4 is 17.3 Å². The normalized spacial score (nSPS) is 12.1. The Hall–Kier alpha value is -1.91. The van der Waals surface area contributed by atoms with Crippen LogP contribution in [0.15, 0.2) is 48.5 Å². The molecule has 0 bridgehead atoms. The van der Waals surface area contributed by atoms with E-state index >= 15 is 0 Å². The van der Waals surface area contributed by atoms with Gasteiger partial charge in [-0.1, -0.05) is 48.0 Å². The monoisotopic (exact) mass is 304 g/mol. The van der Waals surface area contributed by atoms with Crippen LogP contribution in [0.2, 0.25) is 5.02 Å². The number of aryl methyl sites for hydroxylation is 1. The van der Waals surface area contributed by atoms with Crippen LogP contribution in [0.1, 0.15) is 23.6 Å². The van der Waals surface area contributed by atoms with Gasteiger partial charge in [0.15, 0.2) is 0 Å². The first kappa shape index (κ1) is 15.5. The molecule has 0 radical (unpaired) electrons. The number of nitrogens with zero attached hydrogens (tertiary/aromatic N) is 1. The largest absolute Gasteiger partial charge is 0.313 e. The van der Waals surface area contributed by atoms with E-state index in [1.807, 2.05) is 25.2 Å². The van der Waals surface area contributed by atoms with Crippen molar-refractivity contribution in [2.24, 2.45) is 0 Å². The lowest BCUT2D eigenvalue weighted by Gasteiger charge is -2.16. The van der Waals surface area contributed by atoms with Gasteiger partial charge >= 0.3 is 0 Å². The Bertz CT molecular complexity index is 617. The van der Waals surface area contributed by atoms with E-state index < -0.39 is 0 Å². The maximum atomic E-state index is 11.1. The molecule has 1 unspecified atom stereocenters. The molecule has 1 atom stereocenters. The molecule has 1 N–H and O–H groups in total. The minimum atomic E-state index is -0.377. The van der Waals surface area contributed by atoms with Gasteiger partial charge in [-0.3, -0.25) is 10.1 Å². The number of rotatable bonds is 6. The fourth-order valence-corrected chi connectivity index (χ4v) is 2.55. The third-order valence-electron chi connectivity index (χ3n) is 3.50. The first-order valence-electron chi connectivity index (χ1n) is 6.77. The summed E-state index contributed by atoms with van der Waals surface area (Å²) in [6.07, 6.45) is 1.40. The summed E-state index contributed by atoms with van der Waals surface area (Å²) in [6, 6.07) is 15.1. The predicted molar refractivity (Wildman–Crippen MR) is 84.7 cm³/mol. The first-order valence-corrected chi connectivity index (χ1v) is 7.14. The molecular weight excluding hydrogens is 288 g/mol. The number of benzene rings is 2. The lowest BCUT2D eigenvalue weighted by atomic mass is 9.98. The molecule has 110 valence electrons. The third kappa shape index (κ3) is 4.03. The van der Waals surface area contributed by atoms with Gasteiger partial charge in [-0.05, 0) is 31.5 Å². The van der Waals surface area contributed by atoms with Gasteiger partial charge in [0.2, 0.25) is 0 Å². The molecule has 0 fully saturated rings. The Kier molecular flexibility index (Phi) is 5.31. The molecule has 0 saturated heterocycles. The van der Waals surface area contributed by atoms with Crippen molar-refractivity contribution in [1.82, 2.24) is 5.32 Å². The third-order valence-corrected chi connectivity index (χ3v) is 3.73. The Morgan fingerprint density at radius 2 is 1.95 bits per heavy atom. The number of hydrogen-bond donors (Lipinski definition) is 1. The molecular formula is C16H17ClN2O2. The van der Waals surface area contributed by atoms with E-state index in [1.165, 1.54) is 11.6 Å². The van der Waals surface area contributed by atoms with E-state index in [2.05, 4.69) is 17.4 Å². The predicted octanol–water partition coefficient (Wildman–Crippen LogP) is 4.14. The van der Waals surface area contributed by atoms with Crippen molar-refractivity contribution in [1.29, 1.82) is 0 Å². The summed E-state index contributed by atoms with van der Waals surface area (Å²) in [6.45, 7) is 0. The molecule has 0 aliphatic heterocycles. The van der Waals surface area contributed by atoms with Crippen LogP contribution >= 0.6 is 11.6 Å². The Morgan fingerprint density at radius 3 is 2.57 bits per heavy atom. The van der Waals surface area contributed by atoms with Crippen molar-refractivity contribution in [3.63, 3.8) is 0 Å². The van der Waals surface area contributed by atoms with Crippen LogP contribution in [0.5, 0.6) is 0 Å². The second kappa shape index (κ2) is 7.20. The standard InChI is InChI=1S/C16H17ClN2O2/c1-18-15(12-5-3-2-4-6-12)10-8-13-7-9-14(17)11-16(13)19(20)21/h2-7,9,11,15,18H,8,10H2,1H3. The summed E-state index contributed by atoms with van der Waals surface area (Å²) in [5, 5.41) is 14.7. The van der Waals surface area contributed by atoms with Crippen molar-refractivity contribution in [2.75, 3.05) is 7.05 Å². The van der Waals surface area contributed by atoms with Crippen molar-refractivity contribution in [2.45, 2.75) is 18.9 Å². The molecule has 0 amide bonds. The van der Waals surface area contributed by atoms with Crippen LogP contribution in [0.4, 0.5) is 5.69 Å². The summed E-state index contributed by atoms with van der Waals surface area (Å²) in [5.74, 6) is 0. The van der Waals surface area contributed by atoms with E-state index in [0.29, 0.717) is 17.0 Å². The van der Waals surface area contributed by atoms with Gasteiger partial charge in [0.1, 0.15) is 0 Å². The van der Waals surface area contributed by atoms with Crippen LogP contribution in [0.25, 0.3) is 0 Å². The summed E-state index contributed by atoms with van der Waals surface area (Å²) < 4.78 is 0. The van der Waals surface area contributed by atoms with E-state index in [4.69, 9.17) is 11.6 Å². The van der Waals surface area contributed by atoms with Crippen LogP contribution in [0.3, 0.4) is 0 Å². The summed E-state index contributed by atoms with van der Waals surface area (Å²) in [5.41, 5.74) is 1.97. The first-order chi connectivity index (χ1) is 10.1. The van der Waals surface area contributed by atoms with Gasteiger partial charge in [0.25, 0.3) is 5.69 Å². The molecule has 21 heavy (non-hydrogen) atoms. The molecule has 0 aliphatic rings. The topological polar surface area (TPSA) is 55.2 Å². The summed E-state index contributed by atoms with van der Waals surface area (Å²) in [4.78, 5) is 10.7. The maximum Gasteiger partial charge on any atom is 0.274 e. The Labute approximate surface area is 128 Å². The molecule has 0 saturated carbocycles. The highest BCUT2D eigenvalue weighted by atomic mass is 35.5. The fraction of sp³-hybridized carbons (Fsp3) is 0.250. The highest BCUT2D eigenvalue weighted by Gasteiger charge is 2.16. The number of hydrogen-bond acceptors (Lipinski definition) is 3. The van der Waals surface area contributed by atoms with Crippen molar-refractivity contribution in [3.8, 4) is 0 Å². The lowest BCUT2D eigenvalue weighted by molar-refractivity contribution is -0.385. The average Bonchev–Trinajstić information content (AvgIpc) is 2.50. The molecule has 0 aromatic heterocycles. The number of nitro benzene ring substituents is 1. The Balaban J connectivity index is 2.14. The van der Waals surface area contributed by atoms with Crippen molar-refractivity contribution in [3.05, 3.63) is 74.8 Å². The van der Waals surface area contributed by atoms with Gasteiger partial charge in [-0.15, -0.1) is 0 Å². The lowest BCUT2D eigenvalue weighted by Crippen LogP contribution is -2.17. The molecule has 5 heteroatoms. The number of nitrogens with one attached hydrogen (secondary N) is 1. The quantitative estimate of drug-likeness (QED) is 0.644. The van der Waals surface area contributed by atoms with Crippen molar-refractivity contribution < 1.29 is 4.92 Å². The zero-order valence-corrected chi connectivity index (χ0v) is 12.5. The number of nitro groups is 1. The molecule has 2 rings (SSSR count). The van der Waals surface area contributed by atoms with Gasteiger partial charge in [0.05, 0.1) is 4.92 Å². The zero-order valence-electron chi connectivity index (χ0n) is 11.8. The van der Waals surface area contributed by atoms with Crippen LogP contribution < -0.4 is 5.32 Å². The molecule has 0 spiro atoms. The minimum Gasteiger partial charge on any atom is -0.313 e. The molecule has 4 nitrogen and oxygen atoms in total. The van der Waals surface area contributed by atoms with E-state index in [1.54, 1.807) is 12.1 Å². The molecule has 2 aromatic rings. The van der Waals surface area contributed by atoms with Gasteiger partial charge in [-0.25, -0.2) is 0 Å². The van der Waals surface area contributed by atoms with Crippen LogP contribution in [-0.4, -0.2) is 12.0 Å². The average molecular weight is 305 g/mol. The molecule has 0 heterocycles. The van der Waals surface area contributed by atoms with E-state index in [-0.39, 0.29) is 16.7 Å². The molecule has 0 aliphatic carbocycles. The SMILES string of the molecule is CNC(CCc1ccc(Cl)cc1[N+](=O)[O-])c1ccccc1. The maximum absolute atomic E-state index is 11.1. The van der Waals surface area contributed by atoms with Crippen LogP contribution in [-0.2, 0) is 6.42 Å². The van der Waals surface area contributed by atoms with Crippen LogP contribution in [0, 0.1) is 10.1 Å². The number of halogens is 1. The second-order valence-electron chi connectivity index (χ2n) is 4.82. The van der Waals surface area contributed by atoms with Gasteiger partial charge in [-0.2, -0.15) is 0 Å². The zero-order chi connectivity index (χ0) is 15.2. The van der Waals surface area contributed by atoms with E-state index in [9.17, 15) is 10.1 Å². The highest BCUT2D eigenvalue weighted by molar-refractivity contribution is 6.30. The summed E-state index contributed by atoms with van der Waals surface area (Å²) >= 11 is 5.83. The van der Waals surface area contributed by atoms with E-state index in [0.717, 1.165) is 6.42 Å². The van der Waals surface area contributed by atoms with Gasteiger partial charge in [0, 0.05) is 22.7 Å². The second-order valence-corrected chi connectivity index (χ2v) is 5.26. The summed E-state index contributed by atoms with van der Waals surface area (Å²) in [7, 11) is 1.90. The fourth-order valence-electron chi connectivity index (χ4n) is 2.38. The minimum absolute atomic E-state index is 0.0883. The molecule has 2 aromatic carbocycles. The smallest absolute Gasteiger partial charge is 0.274 e. The van der Waals surface area contributed by atoms with Gasteiger partial charge < -0.3 is 5.32 Å². The highest BCUT2D eigenvalue weighted by Crippen LogP contribution is 2.26. The Morgan fingerprint density at radius 1 is 1.24 bits per heavy atom.